The van der Waals surface area contributed by atoms with Gasteiger partial charge in [0.1, 0.15) is 17.3 Å². The molecule has 5 N–H and O–H groups in total. The van der Waals surface area contributed by atoms with Gasteiger partial charge in [-0.15, -0.1) is 0 Å². The molecule has 0 fully saturated rings. The number of carbonyl (C=O) groups excluding carboxylic acids is 2. The number of nitrogens with one attached hydrogen (secondary N) is 4. The van der Waals surface area contributed by atoms with Crippen molar-refractivity contribution in [2.45, 2.75) is 65.5 Å². The summed E-state index contributed by atoms with van der Waals surface area (Å²) in [5, 5.41) is 27.2. The molecule has 0 saturated carbocycles. The Morgan fingerprint density at radius 1 is 1.08 bits per heavy atom. The van der Waals surface area contributed by atoms with Crippen LogP contribution in [-0.4, -0.2) is 59.4 Å². The molecule has 1 unspecified atom stereocenters. The first-order chi connectivity index (χ1) is 22.8. The molecule has 0 radical (unpaired) electrons. The lowest BCUT2D eigenvalue weighted by molar-refractivity contribution is -0.119. The van der Waals surface area contributed by atoms with Crippen molar-refractivity contribution in [2.75, 3.05) is 13.6 Å². The summed E-state index contributed by atoms with van der Waals surface area (Å²) in [5.41, 5.74) is 1.89. The molecule has 0 heterocycles. The maximum atomic E-state index is 12.1. The molecule has 2 aromatic carbocycles. The first kappa shape index (κ1) is 39.6. The third kappa shape index (κ3) is 14.5. The van der Waals surface area contributed by atoms with E-state index in [1.54, 1.807) is 31.3 Å². The number of allylic oxidation sites excluding steroid dienone is 4. The number of hydrogen-bond acceptors (Lipinski definition) is 5. The minimum Gasteiger partial charge on any atom is -0.478 e. The Morgan fingerprint density at radius 2 is 1.79 bits per heavy atom. The Balaban J connectivity index is 0.000000886. The summed E-state index contributed by atoms with van der Waals surface area (Å²) in [4.78, 5) is 35.4. The van der Waals surface area contributed by atoms with Crippen molar-refractivity contribution in [2.24, 2.45) is 0 Å². The summed E-state index contributed by atoms with van der Waals surface area (Å²) in [6.07, 6.45) is 14.1. The SMILES string of the molecule is CCCCN(/C=C/c1ccc(Cl)cc1Cl)C(=N)C(CC1=CC=C(Oc2ccc(C(=O)O)cc2)CC=C1)NC(C)=O.CNC(=O)NC(C)C. The quantitative estimate of drug-likeness (QED) is 0.107. The predicted octanol–water partition coefficient (Wildman–Crippen LogP) is 7.81. The highest BCUT2D eigenvalue weighted by Crippen LogP contribution is 2.24. The zero-order valence-corrected chi connectivity index (χ0v) is 29.5. The molecule has 0 aliphatic heterocycles. The Morgan fingerprint density at radius 3 is 2.35 bits per heavy atom. The second-order valence-corrected chi connectivity index (χ2v) is 12.0. The number of carbonyl (C=O) groups is 3. The summed E-state index contributed by atoms with van der Waals surface area (Å²) in [7, 11) is 1.59. The highest BCUT2D eigenvalue weighted by atomic mass is 35.5. The number of hydrogen-bond donors (Lipinski definition) is 5. The van der Waals surface area contributed by atoms with Gasteiger partial charge in [-0.2, -0.15) is 0 Å². The summed E-state index contributed by atoms with van der Waals surface area (Å²) in [6, 6.07) is 11.0. The first-order valence-electron chi connectivity index (χ1n) is 15.6. The normalized spacial score (nSPS) is 12.9. The summed E-state index contributed by atoms with van der Waals surface area (Å²) in [5.74, 6) is 0.277. The summed E-state index contributed by atoms with van der Waals surface area (Å²) < 4.78 is 5.93. The molecule has 3 amide bonds. The van der Waals surface area contributed by atoms with E-state index in [-0.39, 0.29) is 29.4 Å². The van der Waals surface area contributed by atoms with Crippen LogP contribution in [0.5, 0.6) is 5.75 Å². The fourth-order valence-electron chi connectivity index (χ4n) is 4.32. The molecule has 0 bridgehead atoms. The van der Waals surface area contributed by atoms with Gasteiger partial charge in [-0.25, -0.2) is 9.59 Å². The van der Waals surface area contributed by atoms with Gasteiger partial charge in [0.2, 0.25) is 5.91 Å². The van der Waals surface area contributed by atoms with Crippen molar-refractivity contribution in [3.05, 3.63) is 105 Å². The molecule has 258 valence electrons. The molecular formula is C36H45Cl2N5O5. The number of amidine groups is 1. The van der Waals surface area contributed by atoms with E-state index in [0.29, 0.717) is 40.9 Å². The van der Waals surface area contributed by atoms with Gasteiger partial charge in [0, 0.05) is 49.2 Å². The van der Waals surface area contributed by atoms with E-state index in [2.05, 4.69) is 22.9 Å². The highest BCUT2D eigenvalue weighted by Gasteiger charge is 2.22. The van der Waals surface area contributed by atoms with Gasteiger partial charge in [0.05, 0.1) is 11.6 Å². The van der Waals surface area contributed by atoms with Crippen molar-refractivity contribution in [3.63, 3.8) is 0 Å². The number of carboxylic acid groups (broad SMARTS) is 1. The molecule has 0 spiro atoms. The van der Waals surface area contributed by atoms with Crippen LogP contribution in [-0.2, 0) is 4.79 Å². The molecular weight excluding hydrogens is 653 g/mol. The lowest BCUT2D eigenvalue weighted by atomic mass is 10.0. The van der Waals surface area contributed by atoms with Gasteiger partial charge in [0.25, 0.3) is 0 Å². The number of rotatable bonds is 13. The molecule has 12 heteroatoms. The van der Waals surface area contributed by atoms with Crippen LogP contribution in [0.4, 0.5) is 4.79 Å². The molecule has 48 heavy (non-hydrogen) atoms. The number of urea groups is 1. The highest BCUT2D eigenvalue weighted by molar-refractivity contribution is 6.35. The second kappa shape index (κ2) is 20.6. The summed E-state index contributed by atoms with van der Waals surface area (Å²) >= 11 is 12.4. The minimum atomic E-state index is -0.993. The van der Waals surface area contributed by atoms with Gasteiger partial charge in [-0.05, 0) is 86.4 Å². The smallest absolute Gasteiger partial charge is 0.335 e. The van der Waals surface area contributed by atoms with Crippen LogP contribution in [0.25, 0.3) is 6.08 Å². The third-order valence-corrected chi connectivity index (χ3v) is 7.30. The van der Waals surface area contributed by atoms with Crippen LogP contribution < -0.4 is 20.7 Å². The van der Waals surface area contributed by atoms with Crippen molar-refractivity contribution in [3.8, 4) is 5.75 Å². The Labute approximate surface area is 293 Å². The molecule has 10 nitrogen and oxygen atoms in total. The number of carboxylic acids is 1. The molecule has 1 aliphatic rings. The van der Waals surface area contributed by atoms with Crippen molar-refractivity contribution >= 4 is 53.0 Å². The van der Waals surface area contributed by atoms with E-state index < -0.39 is 12.0 Å². The number of benzene rings is 2. The van der Waals surface area contributed by atoms with E-state index in [9.17, 15) is 14.4 Å². The zero-order chi connectivity index (χ0) is 35.6. The molecule has 1 atom stereocenters. The molecule has 3 rings (SSSR count). The molecule has 0 saturated heterocycles. The Hall–Kier alpha value is -4.54. The average Bonchev–Trinajstić information content (AvgIpc) is 3.26. The lowest BCUT2D eigenvalue weighted by Crippen LogP contribution is -2.46. The van der Waals surface area contributed by atoms with Crippen molar-refractivity contribution < 1.29 is 24.2 Å². The largest absolute Gasteiger partial charge is 0.478 e. The van der Waals surface area contributed by atoms with Crippen LogP contribution in [0.3, 0.4) is 0 Å². The zero-order valence-electron chi connectivity index (χ0n) is 28.0. The van der Waals surface area contributed by atoms with Crippen LogP contribution in [0.1, 0.15) is 69.3 Å². The maximum absolute atomic E-state index is 12.1. The fraction of sp³-hybridized carbons (Fsp3) is 0.333. The van der Waals surface area contributed by atoms with E-state index in [1.807, 2.05) is 61.4 Å². The van der Waals surface area contributed by atoms with E-state index in [1.165, 1.54) is 19.1 Å². The maximum Gasteiger partial charge on any atom is 0.335 e. The number of halogens is 2. The van der Waals surface area contributed by atoms with Crippen LogP contribution in [0.15, 0.2) is 84.3 Å². The Bertz CT molecular complexity index is 1530. The predicted molar refractivity (Wildman–Crippen MR) is 194 cm³/mol. The first-order valence-corrected chi connectivity index (χ1v) is 16.4. The Kier molecular flexibility index (Phi) is 17.0. The average molecular weight is 699 g/mol. The van der Waals surface area contributed by atoms with Crippen molar-refractivity contribution in [1.82, 2.24) is 20.9 Å². The van der Waals surface area contributed by atoms with Crippen LogP contribution >= 0.6 is 23.2 Å². The number of nitrogens with zero attached hydrogens (tertiary/aromatic N) is 1. The van der Waals surface area contributed by atoms with E-state index in [0.717, 1.165) is 24.0 Å². The molecule has 0 aromatic heterocycles. The van der Waals surface area contributed by atoms with Gasteiger partial charge in [-0.1, -0.05) is 60.8 Å². The second-order valence-electron chi connectivity index (χ2n) is 11.2. The number of ether oxygens (including phenoxy) is 1. The van der Waals surface area contributed by atoms with E-state index >= 15 is 0 Å². The number of amides is 3. The molecule has 2 aromatic rings. The van der Waals surface area contributed by atoms with Crippen LogP contribution in [0.2, 0.25) is 10.0 Å². The van der Waals surface area contributed by atoms with Crippen LogP contribution in [0, 0.1) is 5.41 Å². The minimum absolute atomic E-state index is 0.125. The standard InChI is InChI=1S/C31H33Cl2N3O4.C5H12N2O/c1-3-4-17-36(18-16-23-9-12-25(32)20-28(23)33)30(34)29(35-21(2)37)19-22-6-5-7-26(13-8-22)40-27-14-10-24(11-15-27)31(38)39;1-4(2)7-5(8)6-3/h5-6,8-16,18,20,29,34H,3-4,7,17,19H2,1-2H3,(H,35,37)(H,38,39);4H,1-3H3,(H2,6,7,8)/b18-16+,34-30?;. The number of aromatic carboxylic acids is 1. The number of unbranched alkanes of at least 4 members (excludes halogenated alkanes) is 1. The third-order valence-electron chi connectivity index (χ3n) is 6.74. The lowest BCUT2D eigenvalue weighted by Gasteiger charge is -2.28. The van der Waals surface area contributed by atoms with Gasteiger partial charge in [-0.3, -0.25) is 10.2 Å². The summed E-state index contributed by atoms with van der Waals surface area (Å²) in [6.45, 7) is 7.96. The van der Waals surface area contributed by atoms with Gasteiger partial charge < -0.3 is 30.7 Å². The van der Waals surface area contributed by atoms with Gasteiger partial charge in [0.15, 0.2) is 0 Å². The fourth-order valence-corrected chi connectivity index (χ4v) is 4.79. The molecule has 1 aliphatic carbocycles. The van der Waals surface area contributed by atoms with E-state index in [4.69, 9.17) is 38.5 Å². The van der Waals surface area contributed by atoms with Crippen molar-refractivity contribution in [1.29, 1.82) is 5.41 Å². The topological polar surface area (TPSA) is 144 Å². The monoisotopic (exact) mass is 697 g/mol. The van der Waals surface area contributed by atoms with Gasteiger partial charge >= 0.3 is 12.0 Å².